The van der Waals surface area contributed by atoms with Gasteiger partial charge in [0.1, 0.15) is 5.82 Å². The predicted molar refractivity (Wildman–Crippen MR) is 48.9 cm³/mol. The van der Waals surface area contributed by atoms with Gasteiger partial charge in [0.2, 0.25) is 0 Å². The van der Waals surface area contributed by atoms with Crippen LogP contribution < -0.4 is 4.90 Å². The van der Waals surface area contributed by atoms with E-state index in [1.807, 2.05) is 11.8 Å². The Hall–Kier alpha value is -0.770. The van der Waals surface area contributed by atoms with Gasteiger partial charge in [-0.2, -0.15) is 0 Å². The average Bonchev–Trinajstić information content (AvgIpc) is 2.56. The van der Waals surface area contributed by atoms with Crippen LogP contribution in [-0.4, -0.2) is 23.2 Å². The Labute approximate surface area is 74.8 Å². The van der Waals surface area contributed by atoms with Gasteiger partial charge in [0, 0.05) is 18.4 Å². The molecule has 1 aromatic rings. The van der Waals surface area contributed by atoms with Gasteiger partial charge in [-0.1, -0.05) is 0 Å². The number of aromatic nitrogens is 1. The highest BCUT2D eigenvalue weighted by Gasteiger charge is 2.12. The van der Waals surface area contributed by atoms with E-state index in [0.717, 1.165) is 23.9 Å². The van der Waals surface area contributed by atoms with Crippen LogP contribution in [0.5, 0.6) is 0 Å². The van der Waals surface area contributed by atoms with Crippen LogP contribution in [0.3, 0.4) is 0 Å². The van der Waals surface area contributed by atoms with Crippen molar-refractivity contribution in [1.29, 1.82) is 0 Å². The minimum Gasteiger partial charge on any atom is -0.360 e. The molecule has 2 heterocycles. The first-order valence-corrected chi connectivity index (χ1v) is 4.95. The molecule has 1 saturated heterocycles. The van der Waals surface area contributed by atoms with Crippen molar-refractivity contribution in [3.63, 3.8) is 0 Å². The molecule has 0 saturated carbocycles. The number of pyridine rings is 1. The minimum atomic E-state index is -0.260. The maximum Gasteiger partial charge on any atom is 0.143 e. The normalized spacial score (nSPS) is 16.9. The lowest BCUT2D eigenvalue weighted by Gasteiger charge is -2.15. The molecule has 4 heteroatoms. The Morgan fingerprint density at radius 1 is 1.50 bits per heavy atom. The SMILES string of the molecule is Fc1cncc(N2CCSC2)c1. The van der Waals surface area contributed by atoms with Gasteiger partial charge in [-0.25, -0.2) is 4.39 Å². The summed E-state index contributed by atoms with van der Waals surface area (Å²) in [4.78, 5) is 5.93. The molecule has 2 nitrogen and oxygen atoms in total. The molecule has 0 radical (unpaired) electrons. The lowest BCUT2D eigenvalue weighted by atomic mass is 10.4. The van der Waals surface area contributed by atoms with Crippen molar-refractivity contribution in [2.75, 3.05) is 23.1 Å². The Kier molecular flexibility index (Phi) is 2.17. The quantitative estimate of drug-likeness (QED) is 0.661. The van der Waals surface area contributed by atoms with Gasteiger partial charge in [0.15, 0.2) is 0 Å². The molecule has 1 aliphatic heterocycles. The zero-order valence-electron chi connectivity index (χ0n) is 6.53. The number of hydrogen-bond donors (Lipinski definition) is 0. The highest BCUT2D eigenvalue weighted by molar-refractivity contribution is 7.99. The van der Waals surface area contributed by atoms with Crippen molar-refractivity contribution in [2.24, 2.45) is 0 Å². The van der Waals surface area contributed by atoms with Crippen molar-refractivity contribution in [2.45, 2.75) is 0 Å². The minimum absolute atomic E-state index is 0.260. The van der Waals surface area contributed by atoms with Crippen LogP contribution in [0.2, 0.25) is 0 Å². The molecule has 2 rings (SSSR count). The molecular weight excluding hydrogens is 175 g/mol. The van der Waals surface area contributed by atoms with E-state index in [2.05, 4.69) is 9.88 Å². The van der Waals surface area contributed by atoms with Gasteiger partial charge in [-0.3, -0.25) is 4.98 Å². The fraction of sp³-hybridized carbons (Fsp3) is 0.375. The second kappa shape index (κ2) is 3.31. The van der Waals surface area contributed by atoms with Crippen LogP contribution in [0, 0.1) is 5.82 Å². The standard InChI is InChI=1S/C8H9FN2S/c9-7-3-8(5-10-4-7)11-1-2-12-6-11/h3-5H,1-2,6H2. The summed E-state index contributed by atoms with van der Waals surface area (Å²) in [7, 11) is 0. The van der Waals surface area contributed by atoms with E-state index < -0.39 is 0 Å². The molecule has 0 aromatic carbocycles. The van der Waals surface area contributed by atoms with E-state index >= 15 is 0 Å². The van der Waals surface area contributed by atoms with Crippen LogP contribution in [0.1, 0.15) is 0 Å². The van der Waals surface area contributed by atoms with E-state index in [9.17, 15) is 4.39 Å². The lowest BCUT2D eigenvalue weighted by Crippen LogP contribution is -2.18. The van der Waals surface area contributed by atoms with Gasteiger partial charge >= 0.3 is 0 Å². The number of halogens is 1. The summed E-state index contributed by atoms with van der Waals surface area (Å²) in [6, 6.07) is 1.53. The van der Waals surface area contributed by atoms with Crippen molar-refractivity contribution < 1.29 is 4.39 Å². The number of rotatable bonds is 1. The zero-order chi connectivity index (χ0) is 8.39. The number of anilines is 1. The van der Waals surface area contributed by atoms with Crippen LogP contribution in [0.4, 0.5) is 10.1 Å². The summed E-state index contributed by atoms with van der Waals surface area (Å²) in [5.74, 6) is 1.81. The number of thioether (sulfide) groups is 1. The molecule has 1 aromatic heterocycles. The largest absolute Gasteiger partial charge is 0.360 e. The van der Waals surface area contributed by atoms with Crippen LogP contribution >= 0.6 is 11.8 Å². The third kappa shape index (κ3) is 1.53. The maximum atomic E-state index is 12.7. The van der Waals surface area contributed by atoms with Gasteiger partial charge in [-0.05, 0) is 0 Å². The Bertz CT molecular complexity index is 274. The monoisotopic (exact) mass is 184 g/mol. The number of hydrogen-bond acceptors (Lipinski definition) is 3. The fourth-order valence-electron chi connectivity index (χ4n) is 1.19. The molecule has 0 unspecified atom stereocenters. The smallest absolute Gasteiger partial charge is 0.143 e. The molecule has 0 atom stereocenters. The number of nitrogens with zero attached hydrogens (tertiary/aromatic N) is 2. The zero-order valence-corrected chi connectivity index (χ0v) is 7.35. The second-order valence-corrected chi connectivity index (χ2v) is 3.74. The molecule has 0 bridgehead atoms. The first-order valence-electron chi connectivity index (χ1n) is 3.79. The first-order chi connectivity index (χ1) is 5.86. The highest BCUT2D eigenvalue weighted by Crippen LogP contribution is 2.21. The van der Waals surface area contributed by atoms with E-state index in [-0.39, 0.29) is 5.82 Å². The molecule has 0 aliphatic carbocycles. The van der Waals surface area contributed by atoms with Crippen LogP contribution in [0.15, 0.2) is 18.5 Å². The Morgan fingerprint density at radius 2 is 2.42 bits per heavy atom. The third-order valence-corrected chi connectivity index (χ3v) is 2.77. The Morgan fingerprint density at radius 3 is 3.08 bits per heavy atom. The summed E-state index contributed by atoms with van der Waals surface area (Å²) in [6.45, 7) is 0.996. The fourth-order valence-corrected chi connectivity index (χ4v) is 2.17. The van der Waals surface area contributed by atoms with Crippen LogP contribution in [-0.2, 0) is 0 Å². The molecule has 0 spiro atoms. The maximum absolute atomic E-state index is 12.7. The van der Waals surface area contributed by atoms with Crippen molar-refractivity contribution in [1.82, 2.24) is 4.98 Å². The topological polar surface area (TPSA) is 16.1 Å². The third-order valence-electron chi connectivity index (χ3n) is 1.81. The van der Waals surface area contributed by atoms with Gasteiger partial charge in [-0.15, -0.1) is 11.8 Å². The molecular formula is C8H9FN2S. The summed E-state index contributed by atoms with van der Waals surface area (Å²) in [5, 5.41) is 0. The molecule has 12 heavy (non-hydrogen) atoms. The molecule has 0 N–H and O–H groups in total. The van der Waals surface area contributed by atoms with Crippen molar-refractivity contribution in [3.8, 4) is 0 Å². The van der Waals surface area contributed by atoms with Gasteiger partial charge < -0.3 is 4.90 Å². The van der Waals surface area contributed by atoms with Crippen molar-refractivity contribution in [3.05, 3.63) is 24.3 Å². The summed E-state index contributed by atoms with van der Waals surface area (Å²) in [5.41, 5.74) is 0.889. The lowest BCUT2D eigenvalue weighted by molar-refractivity contribution is 0.621. The van der Waals surface area contributed by atoms with Crippen LogP contribution in [0.25, 0.3) is 0 Å². The van der Waals surface area contributed by atoms with E-state index in [1.54, 1.807) is 6.20 Å². The molecule has 64 valence electrons. The molecule has 1 fully saturated rings. The summed E-state index contributed by atoms with van der Waals surface area (Å²) >= 11 is 1.86. The average molecular weight is 184 g/mol. The highest BCUT2D eigenvalue weighted by atomic mass is 32.2. The van der Waals surface area contributed by atoms with E-state index in [0.29, 0.717) is 0 Å². The van der Waals surface area contributed by atoms with Crippen molar-refractivity contribution >= 4 is 17.4 Å². The van der Waals surface area contributed by atoms with E-state index in [1.165, 1.54) is 12.3 Å². The second-order valence-electron chi connectivity index (χ2n) is 2.66. The molecule has 0 amide bonds. The molecule has 1 aliphatic rings. The summed E-state index contributed by atoms with van der Waals surface area (Å²) < 4.78 is 12.7. The first kappa shape index (κ1) is 7.86. The Balaban J connectivity index is 2.21. The van der Waals surface area contributed by atoms with Gasteiger partial charge in [0.05, 0.1) is 24.0 Å². The predicted octanol–water partition coefficient (Wildman–Crippen LogP) is 1.73. The van der Waals surface area contributed by atoms with E-state index in [4.69, 9.17) is 0 Å². The van der Waals surface area contributed by atoms with Gasteiger partial charge in [0.25, 0.3) is 0 Å². The summed E-state index contributed by atoms with van der Waals surface area (Å²) in [6.07, 6.45) is 2.93.